The van der Waals surface area contributed by atoms with Gasteiger partial charge in [0.2, 0.25) is 0 Å². The Balaban J connectivity index is 2.18. The van der Waals surface area contributed by atoms with Crippen molar-refractivity contribution in [2.45, 2.75) is 26.2 Å². The Labute approximate surface area is 117 Å². The average molecular weight is 277 g/mol. The van der Waals surface area contributed by atoms with Crippen LogP contribution in [0.4, 0.5) is 0 Å². The summed E-state index contributed by atoms with van der Waals surface area (Å²) in [5.74, 6) is 0.470. The molecular formula is C15H19NO4. The molecule has 1 aromatic carbocycles. The molecule has 2 aromatic rings. The highest BCUT2D eigenvalue weighted by molar-refractivity contribution is 5.86. The van der Waals surface area contributed by atoms with Gasteiger partial charge in [0.15, 0.2) is 0 Å². The van der Waals surface area contributed by atoms with Crippen molar-refractivity contribution in [1.29, 1.82) is 0 Å². The van der Waals surface area contributed by atoms with Crippen LogP contribution in [0, 0.1) is 0 Å². The number of carbonyl (C=O) groups is 1. The molecule has 1 aromatic heterocycles. The van der Waals surface area contributed by atoms with Gasteiger partial charge < -0.3 is 14.7 Å². The lowest BCUT2D eigenvalue weighted by molar-refractivity contribution is -0.143. The second-order valence-corrected chi connectivity index (χ2v) is 4.47. The summed E-state index contributed by atoms with van der Waals surface area (Å²) in [7, 11) is 0. The Morgan fingerprint density at radius 1 is 1.35 bits per heavy atom. The summed E-state index contributed by atoms with van der Waals surface area (Å²) < 4.78 is 7.08. The largest absolute Gasteiger partial charge is 0.493 e. The first-order valence-electron chi connectivity index (χ1n) is 6.81. The first-order chi connectivity index (χ1) is 9.76. The number of benzene rings is 1. The van der Waals surface area contributed by atoms with Crippen molar-refractivity contribution in [2.24, 2.45) is 0 Å². The van der Waals surface area contributed by atoms with Gasteiger partial charge in [-0.25, -0.2) is 4.79 Å². The molecular weight excluding hydrogens is 258 g/mol. The number of aliphatic hydroxyl groups excluding tert-OH is 1. The van der Waals surface area contributed by atoms with Gasteiger partial charge in [0, 0.05) is 31.0 Å². The van der Waals surface area contributed by atoms with Gasteiger partial charge in [0.1, 0.15) is 5.75 Å². The minimum atomic E-state index is -0.253. The molecule has 0 saturated heterocycles. The third-order valence-corrected chi connectivity index (χ3v) is 2.87. The van der Waals surface area contributed by atoms with Crippen LogP contribution in [0.1, 0.15) is 26.2 Å². The normalized spacial score (nSPS) is 10.7. The van der Waals surface area contributed by atoms with E-state index in [1.54, 1.807) is 6.20 Å². The predicted octanol–water partition coefficient (Wildman–Crippen LogP) is 2.16. The molecule has 1 N–H and O–H groups in total. The number of fused-ring (bicyclic) bond motifs is 1. The Morgan fingerprint density at radius 3 is 2.95 bits per heavy atom. The zero-order chi connectivity index (χ0) is 14.4. The number of hydrogen-bond acceptors (Lipinski definition) is 4. The van der Waals surface area contributed by atoms with E-state index in [-0.39, 0.29) is 12.6 Å². The number of nitrogens with zero attached hydrogens (tertiary/aromatic N) is 1. The van der Waals surface area contributed by atoms with Crippen molar-refractivity contribution in [1.82, 2.24) is 4.73 Å². The van der Waals surface area contributed by atoms with E-state index in [0.29, 0.717) is 19.4 Å². The maximum Gasteiger partial charge on any atom is 0.332 e. The number of aliphatic hydroxyl groups is 1. The predicted molar refractivity (Wildman–Crippen MR) is 75.6 cm³/mol. The van der Waals surface area contributed by atoms with Crippen LogP contribution in [0.2, 0.25) is 0 Å². The molecule has 0 saturated carbocycles. The highest BCUT2D eigenvalue weighted by Gasteiger charge is 2.10. The van der Waals surface area contributed by atoms with Crippen molar-refractivity contribution >= 4 is 16.9 Å². The fourth-order valence-corrected chi connectivity index (χ4v) is 1.93. The van der Waals surface area contributed by atoms with E-state index in [9.17, 15) is 4.79 Å². The zero-order valence-electron chi connectivity index (χ0n) is 11.5. The molecule has 0 spiro atoms. The summed E-state index contributed by atoms with van der Waals surface area (Å²) in [6, 6.07) is 7.43. The molecule has 0 atom stereocenters. The molecule has 0 aliphatic rings. The third-order valence-electron chi connectivity index (χ3n) is 2.87. The number of aromatic nitrogens is 1. The fourth-order valence-electron chi connectivity index (χ4n) is 1.93. The van der Waals surface area contributed by atoms with Crippen LogP contribution in [-0.2, 0) is 4.79 Å². The van der Waals surface area contributed by atoms with Crippen LogP contribution in [0.15, 0.2) is 30.5 Å². The number of hydrogen-bond donors (Lipinski definition) is 1. The second kappa shape index (κ2) is 6.96. The lowest BCUT2D eigenvalue weighted by Crippen LogP contribution is -2.18. The first-order valence-corrected chi connectivity index (χ1v) is 6.81. The Kier molecular flexibility index (Phi) is 5.01. The Bertz CT molecular complexity index is 576. The number of ether oxygens (including phenoxy) is 1. The Hall–Kier alpha value is -2.01. The zero-order valence-corrected chi connectivity index (χ0v) is 11.5. The van der Waals surface area contributed by atoms with E-state index in [1.807, 2.05) is 31.2 Å². The topological polar surface area (TPSA) is 60.7 Å². The molecule has 0 bridgehead atoms. The lowest BCUT2D eigenvalue weighted by Gasteiger charge is -2.08. The third kappa shape index (κ3) is 3.30. The minimum Gasteiger partial charge on any atom is -0.493 e. The van der Waals surface area contributed by atoms with Crippen molar-refractivity contribution < 1.29 is 19.5 Å². The van der Waals surface area contributed by atoms with Crippen LogP contribution >= 0.6 is 0 Å². The summed E-state index contributed by atoms with van der Waals surface area (Å²) in [6.07, 6.45) is 3.44. The van der Waals surface area contributed by atoms with Crippen LogP contribution < -0.4 is 9.57 Å². The van der Waals surface area contributed by atoms with Crippen molar-refractivity contribution in [3.63, 3.8) is 0 Å². The Morgan fingerprint density at radius 2 is 2.20 bits per heavy atom. The monoisotopic (exact) mass is 277 g/mol. The van der Waals surface area contributed by atoms with E-state index in [1.165, 1.54) is 4.73 Å². The smallest absolute Gasteiger partial charge is 0.332 e. The molecule has 5 heteroatoms. The molecule has 108 valence electrons. The molecule has 0 radical (unpaired) electrons. The van der Waals surface area contributed by atoms with Gasteiger partial charge in [-0.15, -0.1) is 0 Å². The maximum absolute atomic E-state index is 11.5. The molecule has 0 fully saturated rings. The van der Waals surface area contributed by atoms with Gasteiger partial charge in [-0.05, 0) is 24.6 Å². The summed E-state index contributed by atoms with van der Waals surface area (Å²) in [5.41, 5.74) is 0.788. The summed E-state index contributed by atoms with van der Waals surface area (Å²) in [5, 5.41) is 9.65. The summed E-state index contributed by atoms with van der Waals surface area (Å²) >= 11 is 0. The molecule has 20 heavy (non-hydrogen) atoms. The lowest BCUT2D eigenvalue weighted by atomic mass is 10.2. The maximum atomic E-state index is 11.5. The van der Waals surface area contributed by atoms with E-state index >= 15 is 0 Å². The van der Waals surface area contributed by atoms with Crippen LogP contribution in [0.5, 0.6) is 5.75 Å². The standard InChI is InChI=1S/C15H19NO4/c1-2-5-15(18)20-16-9-8-12-13(16)6-3-7-14(12)19-11-4-10-17/h3,6-9,17H,2,4-5,10-11H2,1H3. The molecule has 5 nitrogen and oxygen atoms in total. The van der Waals surface area contributed by atoms with Gasteiger partial charge in [0.05, 0.1) is 12.1 Å². The quantitative estimate of drug-likeness (QED) is 0.788. The molecule has 0 unspecified atom stereocenters. The van der Waals surface area contributed by atoms with E-state index in [4.69, 9.17) is 14.7 Å². The van der Waals surface area contributed by atoms with Crippen molar-refractivity contribution in [3.8, 4) is 5.75 Å². The highest BCUT2D eigenvalue weighted by Crippen LogP contribution is 2.26. The number of rotatable bonds is 7. The van der Waals surface area contributed by atoms with Crippen molar-refractivity contribution in [3.05, 3.63) is 30.5 Å². The summed E-state index contributed by atoms with van der Waals surface area (Å²) in [6.45, 7) is 2.49. The van der Waals surface area contributed by atoms with Gasteiger partial charge >= 0.3 is 5.97 Å². The highest BCUT2D eigenvalue weighted by atomic mass is 16.7. The molecule has 0 aliphatic carbocycles. The minimum absolute atomic E-state index is 0.103. The van der Waals surface area contributed by atoms with Gasteiger partial charge in [0.25, 0.3) is 0 Å². The molecule has 1 heterocycles. The van der Waals surface area contributed by atoms with Crippen molar-refractivity contribution in [2.75, 3.05) is 13.2 Å². The van der Waals surface area contributed by atoms with Crippen LogP contribution in [-0.4, -0.2) is 29.0 Å². The SMILES string of the molecule is CCCC(=O)On1ccc2c(OCCCO)cccc21. The molecule has 0 amide bonds. The first kappa shape index (κ1) is 14.4. The van der Waals surface area contributed by atoms with E-state index in [0.717, 1.165) is 23.1 Å². The fraction of sp³-hybridized carbons (Fsp3) is 0.400. The van der Waals surface area contributed by atoms with E-state index < -0.39 is 0 Å². The van der Waals surface area contributed by atoms with Crippen LogP contribution in [0.3, 0.4) is 0 Å². The number of carbonyl (C=O) groups excluding carboxylic acids is 1. The summed E-state index contributed by atoms with van der Waals surface area (Å²) in [4.78, 5) is 16.8. The van der Waals surface area contributed by atoms with Gasteiger partial charge in [-0.2, -0.15) is 4.73 Å². The van der Waals surface area contributed by atoms with Crippen LogP contribution in [0.25, 0.3) is 10.9 Å². The molecule has 0 aliphatic heterocycles. The van der Waals surface area contributed by atoms with E-state index in [2.05, 4.69) is 0 Å². The van der Waals surface area contributed by atoms with Gasteiger partial charge in [-0.3, -0.25) is 0 Å². The molecule has 2 rings (SSSR count). The van der Waals surface area contributed by atoms with Gasteiger partial charge in [-0.1, -0.05) is 13.0 Å². The average Bonchev–Trinajstić information content (AvgIpc) is 2.83. The second-order valence-electron chi connectivity index (χ2n) is 4.47.